The molecule has 0 N–H and O–H groups in total. The number of fused-ring (bicyclic) bond motifs is 5. The first kappa shape index (κ1) is 22.5. The maximum atomic E-state index is 5.30. The van der Waals surface area contributed by atoms with Crippen LogP contribution in [-0.4, -0.2) is 25.3 Å². The summed E-state index contributed by atoms with van der Waals surface area (Å²) in [6, 6.07) is 19.3. The van der Waals surface area contributed by atoms with E-state index in [0.29, 0.717) is 5.92 Å². The molecule has 0 unspecified atom stereocenters. The minimum Gasteiger partial charge on any atom is -0.248 e. The van der Waals surface area contributed by atoms with Gasteiger partial charge in [0.1, 0.15) is 0 Å². The van der Waals surface area contributed by atoms with Crippen LogP contribution in [0.5, 0.6) is 0 Å². The number of hydrogen-bond acceptors (Lipinski definition) is 5. The Morgan fingerprint density at radius 1 is 0.939 bits per heavy atom. The third-order valence-corrected chi connectivity index (χ3v) is 8.18. The molecular formula is C27H30N4S2. The maximum absolute atomic E-state index is 5.30. The van der Waals surface area contributed by atoms with Crippen molar-refractivity contribution in [2.45, 2.75) is 62.0 Å². The second-order valence-electron chi connectivity index (χ2n) is 9.78. The average Bonchev–Trinajstić information content (AvgIpc) is 3.21. The number of hydrogen-bond donors (Lipinski definition) is 0. The van der Waals surface area contributed by atoms with Crippen LogP contribution in [0.3, 0.4) is 0 Å². The fourth-order valence-corrected chi connectivity index (χ4v) is 6.67. The van der Waals surface area contributed by atoms with Gasteiger partial charge in [-0.1, -0.05) is 106 Å². The molecule has 4 aromatic rings. The van der Waals surface area contributed by atoms with Crippen LogP contribution in [0.4, 0.5) is 0 Å². The summed E-state index contributed by atoms with van der Waals surface area (Å²) in [5, 5.41) is 11.3. The van der Waals surface area contributed by atoms with E-state index in [-0.39, 0.29) is 5.41 Å². The van der Waals surface area contributed by atoms with Crippen LogP contribution in [0, 0.1) is 5.92 Å². The van der Waals surface area contributed by atoms with E-state index in [4.69, 9.17) is 10.1 Å². The molecule has 0 aliphatic heterocycles. The van der Waals surface area contributed by atoms with E-state index >= 15 is 0 Å². The smallest absolute Gasteiger partial charge is 0.197 e. The zero-order valence-corrected chi connectivity index (χ0v) is 21.3. The highest BCUT2D eigenvalue weighted by Crippen LogP contribution is 2.45. The molecule has 33 heavy (non-hydrogen) atoms. The third-order valence-electron chi connectivity index (χ3n) is 6.21. The van der Waals surface area contributed by atoms with E-state index in [9.17, 15) is 0 Å². The first-order valence-electron chi connectivity index (χ1n) is 11.6. The van der Waals surface area contributed by atoms with Crippen LogP contribution < -0.4 is 0 Å². The Hall–Kier alpha value is -2.31. The minimum absolute atomic E-state index is 0.0620. The Labute approximate surface area is 204 Å². The second-order valence-corrected chi connectivity index (χ2v) is 11.8. The number of aromatic nitrogens is 4. The summed E-state index contributed by atoms with van der Waals surface area (Å²) in [7, 11) is 0. The van der Waals surface area contributed by atoms with Gasteiger partial charge in [0, 0.05) is 22.6 Å². The molecule has 170 valence electrons. The van der Waals surface area contributed by atoms with Crippen molar-refractivity contribution in [2.24, 2.45) is 5.92 Å². The highest BCUT2D eigenvalue weighted by Gasteiger charge is 2.36. The lowest BCUT2D eigenvalue weighted by atomic mass is 9.72. The van der Waals surface area contributed by atoms with Crippen LogP contribution in [-0.2, 0) is 17.6 Å². The van der Waals surface area contributed by atoms with Crippen LogP contribution in [0.1, 0.15) is 50.8 Å². The standard InChI is InChI=1S/C27H30N4S2/c1-18(2)14-15-32-26-30-29-24-22-23(21-13-9-8-12-20(21)16-27(22,3)4)28-25(31(24)26)33-17-19-10-6-5-7-11-19/h5-13,18H,14-17H2,1-4H3. The zero-order chi connectivity index (χ0) is 23.0. The van der Waals surface area contributed by atoms with Gasteiger partial charge in [-0.25, -0.2) is 9.38 Å². The van der Waals surface area contributed by atoms with Crippen molar-refractivity contribution in [2.75, 3.05) is 5.75 Å². The summed E-state index contributed by atoms with van der Waals surface area (Å²) >= 11 is 3.56. The first-order valence-corrected chi connectivity index (χ1v) is 13.6. The highest BCUT2D eigenvalue weighted by atomic mass is 32.2. The second kappa shape index (κ2) is 9.15. The van der Waals surface area contributed by atoms with Gasteiger partial charge in [-0.2, -0.15) is 0 Å². The van der Waals surface area contributed by atoms with E-state index in [0.717, 1.165) is 46.0 Å². The fourth-order valence-electron chi connectivity index (χ4n) is 4.50. The van der Waals surface area contributed by atoms with E-state index in [1.165, 1.54) is 22.3 Å². The van der Waals surface area contributed by atoms with Gasteiger partial charge < -0.3 is 0 Å². The van der Waals surface area contributed by atoms with E-state index in [2.05, 4.69) is 91.8 Å². The molecule has 0 bridgehead atoms. The van der Waals surface area contributed by atoms with Crippen molar-refractivity contribution in [3.05, 3.63) is 71.3 Å². The number of nitrogens with zero attached hydrogens (tertiary/aromatic N) is 4. The van der Waals surface area contributed by atoms with Gasteiger partial charge in [0.2, 0.25) is 0 Å². The molecule has 0 saturated heterocycles. The molecule has 1 aliphatic rings. The fraction of sp³-hybridized carbons (Fsp3) is 0.370. The molecule has 6 heteroatoms. The Morgan fingerprint density at radius 3 is 2.48 bits per heavy atom. The van der Waals surface area contributed by atoms with Crippen molar-refractivity contribution in [3.8, 4) is 11.3 Å². The summed E-state index contributed by atoms with van der Waals surface area (Å²) in [5.74, 6) is 2.57. The van der Waals surface area contributed by atoms with Crippen LogP contribution in [0.15, 0.2) is 64.9 Å². The Morgan fingerprint density at radius 2 is 1.70 bits per heavy atom. The summed E-state index contributed by atoms with van der Waals surface area (Å²) < 4.78 is 2.22. The Balaban J connectivity index is 1.65. The summed E-state index contributed by atoms with van der Waals surface area (Å²) in [4.78, 5) is 5.30. The minimum atomic E-state index is -0.0620. The van der Waals surface area contributed by atoms with Gasteiger partial charge in [-0.3, -0.25) is 0 Å². The van der Waals surface area contributed by atoms with Crippen LogP contribution in [0.25, 0.3) is 16.9 Å². The monoisotopic (exact) mass is 474 g/mol. The van der Waals surface area contributed by atoms with Crippen molar-refractivity contribution >= 4 is 29.2 Å². The molecule has 4 nitrogen and oxygen atoms in total. The Kier molecular flexibility index (Phi) is 6.23. The lowest BCUT2D eigenvalue weighted by Gasteiger charge is -2.33. The molecule has 1 aliphatic carbocycles. The largest absolute Gasteiger partial charge is 0.248 e. The van der Waals surface area contributed by atoms with Gasteiger partial charge in [-0.15, -0.1) is 10.2 Å². The van der Waals surface area contributed by atoms with Gasteiger partial charge in [0.25, 0.3) is 0 Å². The highest BCUT2D eigenvalue weighted by molar-refractivity contribution is 7.99. The predicted molar refractivity (Wildman–Crippen MR) is 139 cm³/mol. The van der Waals surface area contributed by atoms with Crippen molar-refractivity contribution in [3.63, 3.8) is 0 Å². The van der Waals surface area contributed by atoms with Gasteiger partial charge >= 0.3 is 0 Å². The predicted octanol–water partition coefficient (Wildman–Crippen LogP) is 7.06. The van der Waals surface area contributed by atoms with Gasteiger partial charge in [0.15, 0.2) is 16.0 Å². The number of benzene rings is 2. The van der Waals surface area contributed by atoms with E-state index in [1.807, 2.05) is 0 Å². The topological polar surface area (TPSA) is 43.1 Å². The van der Waals surface area contributed by atoms with E-state index in [1.54, 1.807) is 23.5 Å². The molecule has 0 spiro atoms. The quantitative estimate of drug-likeness (QED) is 0.212. The molecule has 0 saturated carbocycles. The lowest BCUT2D eigenvalue weighted by molar-refractivity contribution is 0.512. The molecule has 2 aromatic carbocycles. The van der Waals surface area contributed by atoms with Crippen LogP contribution in [0.2, 0.25) is 0 Å². The molecule has 5 rings (SSSR count). The van der Waals surface area contributed by atoms with Crippen molar-refractivity contribution in [1.82, 2.24) is 19.6 Å². The average molecular weight is 475 g/mol. The first-order chi connectivity index (χ1) is 15.9. The maximum Gasteiger partial charge on any atom is 0.197 e. The van der Waals surface area contributed by atoms with Crippen molar-refractivity contribution < 1.29 is 0 Å². The molecule has 0 fully saturated rings. The normalized spacial score (nSPS) is 14.5. The molecular weight excluding hydrogens is 444 g/mol. The summed E-state index contributed by atoms with van der Waals surface area (Å²) in [5.41, 5.74) is 7.06. The molecule has 0 atom stereocenters. The number of rotatable bonds is 7. The van der Waals surface area contributed by atoms with E-state index < -0.39 is 0 Å². The number of thioether (sulfide) groups is 2. The molecule has 2 heterocycles. The SMILES string of the molecule is CC(C)CCSc1nnc2c3c(nc(SCc4ccccc4)n12)-c1ccccc1CC3(C)C. The third kappa shape index (κ3) is 4.43. The van der Waals surface area contributed by atoms with Gasteiger partial charge in [0.05, 0.1) is 5.69 Å². The van der Waals surface area contributed by atoms with Crippen molar-refractivity contribution in [1.29, 1.82) is 0 Å². The molecule has 2 aromatic heterocycles. The summed E-state index contributed by atoms with van der Waals surface area (Å²) in [6.45, 7) is 9.14. The zero-order valence-electron chi connectivity index (χ0n) is 19.7. The lowest BCUT2D eigenvalue weighted by Crippen LogP contribution is -2.28. The van der Waals surface area contributed by atoms with Gasteiger partial charge in [-0.05, 0) is 35.3 Å². The van der Waals surface area contributed by atoms with Crippen LogP contribution >= 0.6 is 23.5 Å². The molecule has 0 amide bonds. The Bertz CT molecular complexity index is 1280. The summed E-state index contributed by atoms with van der Waals surface area (Å²) in [6.07, 6.45) is 2.13. The molecule has 0 radical (unpaired) electrons.